The zero-order valence-electron chi connectivity index (χ0n) is 17.1. The molecule has 0 aliphatic carbocycles. The molecule has 2 aromatic heterocycles. The van der Waals surface area contributed by atoms with Crippen LogP contribution >= 0.6 is 0 Å². The molecule has 1 saturated heterocycles. The molecule has 1 fully saturated rings. The Hall–Kier alpha value is -3.72. The minimum absolute atomic E-state index is 0.143. The van der Waals surface area contributed by atoms with Gasteiger partial charge in [-0.2, -0.15) is 9.78 Å². The van der Waals surface area contributed by atoms with E-state index in [9.17, 15) is 9.59 Å². The number of aryl methyl sites for hydroxylation is 1. The van der Waals surface area contributed by atoms with Crippen molar-refractivity contribution in [2.45, 2.75) is 13.5 Å². The number of nitrogens with zero attached hydrogens (tertiary/aromatic N) is 5. The quantitative estimate of drug-likeness (QED) is 0.676. The third-order valence-electron chi connectivity index (χ3n) is 5.07. The molecule has 1 N–H and O–H groups in total. The number of amides is 1. The Morgan fingerprint density at radius 1 is 1.06 bits per heavy atom. The van der Waals surface area contributed by atoms with Gasteiger partial charge in [-0.3, -0.25) is 9.88 Å². The third-order valence-corrected chi connectivity index (χ3v) is 5.07. The number of carbonyl (C=O) groups is 2. The predicted octanol–water partition coefficient (Wildman–Crippen LogP) is 2.86. The van der Waals surface area contributed by atoms with E-state index in [1.807, 2.05) is 37.3 Å². The lowest BCUT2D eigenvalue weighted by Crippen LogP contribution is -2.49. The molecule has 160 valence electrons. The fourth-order valence-corrected chi connectivity index (χ4v) is 3.40. The lowest BCUT2D eigenvalue weighted by Gasteiger charge is -2.34. The Morgan fingerprint density at radius 2 is 1.87 bits per heavy atom. The first-order valence-electron chi connectivity index (χ1n) is 9.98. The van der Waals surface area contributed by atoms with Gasteiger partial charge in [0.1, 0.15) is 11.5 Å². The number of benzene rings is 1. The van der Waals surface area contributed by atoms with Gasteiger partial charge in [-0.05, 0) is 42.8 Å². The second kappa shape index (κ2) is 8.97. The van der Waals surface area contributed by atoms with Crippen LogP contribution in [-0.2, 0) is 6.54 Å². The highest BCUT2D eigenvalue weighted by atomic mass is 16.5. The van der Waals surface area contributed by atoms with Crippen LogP contribution in [0.15, 0.2) is 54.9 Å². The zero-order valence-corrected chi connectivity index (χ0v) is 17.1. The minimum Gasteiger partial charge on any atom is -0.476 e. The highest BCUT2D eigenvalue weighted by Gasteiger charge is 2.23. The molecule has 1 aliphatic rings. The molecule has 1 aliphatic heterocycles. The van der Waals surface area contributed by atoms with Gasteiger partial charge in [0.15, 0.2) is 5.69 Å². The highest BCUT2D eigenvalue weighted by Crippen LogP contribution is 2.22. The SMILES string of the molecule is Cc1ccc(Oc2cccc(CN3CCN(C(=O)n4ccc(C(=O)O)n4)CC3)c2)cn1. The Labute approximate surface area is 179 Å². The smallest absolute Gasteiger partial charge is 0.356 e. The summed E-state index contributed by atoms with van der Waals surface area (Å²) in [5.41, 5.74) is 1.92. The summed E-state index contributed by atoms with van der Waals surface area (Å²) in [5.74, 6) is 0.297. The van der Waals surface area contributed by atoms with Gasteiger partial charge in [-0.15, -0.1) is 0 Å². The molecule has 31 heavy (non-hydrogen) atoms. The number of ether oxygens (including phenoxy) is 1. The van der Waals surface area contributed by atoms with E-state index in [0.717, 1.165) is 28.2 Å². The molecule has 9 nitrogen and oxygen atoms in total. The standard InChI is InChI=1S/C22H23N5O4/c1-16-5-6-19(14-23-16)31-18-4-2-3-17(13-18)15-25-9-11-26(12-10-25)22(30)27-8-7-20(24-27)21(28)29/h2-8,13-14H,9-12,15H2,1H3,(H,28,29). The van der Waals surface area contributed by atoms with Crippen molar-refractivity contribution in [3.63, 3.8) is 0 Å². The number of carboxylic acid groups (broad SMARTS) is 1. The highest BCUT2D eigenvalue weighted by molar-refractivity contribution is 5.86. The average Bonchev–Trinajstić information content (AvgIpc) is 3.26. The second-order valence-electron chi connectivity index (χ2n) is 7.38. The number of carbonyl (C=O) groups excluding carboxylic acids is 1. The minimum atomic E-state index is -1.15. The lowest BCUT2D eigenvalue weighted by atomic mass is 10.2. The predicted molar refractivity (Wildman–Crippen MR) is 112 cm³/mol. The van der Waals surface area contributed by atoms with Crippen LogP contribution in [0.3, 0.4) is 0 Å². The lowest BCUT2D eigenvalue weighted by molar-refractivity contribution is 0.0689. The number of hydrogen-bond acceptors (Lipinski definition) is 6. The molecular weight excluding hydrogens is 398 g/mol. The van der Waals surface area contributed by atoms with Gasteiger partial charge in [0.05, 0.1) is 6.20 Å². The number of piperazine rings is 1. The number of aromatic nitrogens is 3. The Morgan fingerprint density at radius 3 is 2.55 bits per heavy atom. The summed E-state index contributed by atoms with van der Waals surface area (Å²) in [5, 5.41) is 12.8. The molecule has 0 atom stereocenters. The van der Waals surface area contributed by atoms with E-state index in [-0.39, 0.29) is 11.7 Å². The van der Waals surface area contributed by atoms with Gasteiger partial charge in [0.2, 0.25) is 0 Å². The molecule has 1 aromatic carbocycles. The first-order chi connectivity index (χ1) is 15.0. The molecule has 3 heterocycles. The van der Waals surface area contributed by atoms with Crippen LogP contribution in [0.4, 0.5) is 4.79 Å². The Balaban J connectivity index is 1.32. The second-order valence-corrected chi connectivity index (χ2v) is 7.38. The summed E-state index contributed by atoms with van der Waals surface area (Å²) in [6.45, 7) is 5.20. The molecule has 0 bridgehead atoms. The normalized spacial score (nSPS) is 14.4. The van der Waals surface area contributed by atoms with Crippen molar-refractivity contribution >= 4 is 12.0 Å². The molecule has 0 unspecified atom stereocenters. The number of rotatable bonds is 5. The van der Waals surface area contributed by atoms with Crippen molar-refractivity contribution in [1.82, 2.24) is 24.6 Å². The number of hydrogen-bond donors (Lipinski definition) is 1. The van der Waals surface area contributed by atoms with Crippen LogP contribution in [0.1, 0.15) is 21.7 Å². The number of pyridine rings is 1. The Kier molecular flexibility index (Phi) is 5.94. The fraction of sp³-hybridized carbons (Fsp3) is 0.273. The van der Waals surface area contributed by atoms with Crippen LogP contribution in [0.2, 0.25) is 0 Å². The molecule has 0 radical (unpaired) electrons. The summed E-state index contributed by atoms with van der Waals surface area (Å²) in [4.78, 5) is 31.7. The topological polar surface area (TPSA) is 101 Å². The molecular formula is C22H23N5O4. The van der Waals surface area contributed by atoms with Gasteiger partial charge >= 0.3 is 12.0 Å². The molecule has 0 saturated carbocycles. The summed E-state index contributed by atoms with van der Waals surface area (Å²) in [6, 6.07) is 12.7. The van der Waals surface area contributed by atoms with E-state index in [1.54, 1.807) is 11.1 Å². The van der Waals surface area contributed by atoms with Crippen molar-refractivity contribution in [3.05, 3.63) is 71.8 Å². The molecule has 1 amide bonds. The summed E-state index contributed by atoms with van der Waals surface area (Å²) < 4.78 is 6.98. The fourth-order valence-electron chi connectivity index (χ4n) is 3.40. The zero-order chi connectivity index (χ0) is 21.8. The van der Waals surface area contributed by atoms with E-state index in [1.165, 1.54) is 12.3 Å². The first-order valence-corrected chi connectivity index (χ1v) is 9.98. The van der Waals surface area contributed by atoms with Crippen LogP contribution in [0, 0.1) is 6.92 Å². The van der Waals surface area contributed by atoms with E-state index >= 15 is 0 Å². The van der Waals surface area contributed by atoms with Crippen molar-refractivity contribution in [3.8, 4) is 11.5 Å². The van der Waals surface area contributed by atoms with E-state index < -0.39 is 5.97 Å². The number of aromatic carboxylic acids is 1. The maximum atomic E-state index is 12.5. The van der Waals surface area contributed by atoms with E-state index in [0.29, 0.717) is 31.9 Å². The maximum Gasteiger partial charge on any atom is 0.356 e. The van der Waals surface area contributed by atoms with Gasteiger partial charge in [-0.25, -0.2) is 9.59 Å². The summed E-state index contributed by atoms with van der Waals surface area (Å²) in [6.07, 6.45) is 3.09. The van der Waals surface area contributed by atoms with Crippen LogP contribution in [0.25, 0.3) is 0 Å². The van der Waals surface area contributed by atoms with Crippen LogP contribution in [0.5, 0.6) is 11.5 Å². The average molecular weight is 421 g/mol. The number of carboxylic acids is 1. The molecule has 4 rings (SSSR count). The Bertz CT molecular complexity index is 1070. The summed E-state index contributed by atoms with van der Waals surface area (Å²) >= 11 is 0. The third kappa shape index (κ3) is 5.07. The van der Waals surface area contributed by atoms with Crippen molar-refractivity contribution in [2.75, 3.05) is 26.2 Å². The molecule has 0 spiro atoms. The maximum absolute atomic E-state index is 12.5. The van der Waals surface area contributed by atoms with Crippen LogP contribution < -0.4 is 4.74 Å². The van der Waals surface area contributed by atoms with Crippen molar-refractivity contribution in [2.24, 2.45) is 0 Å². The monoisotopic (exact) mass is 421 g/mol. The molecule has 9 heteroatoms. The first kappa shape index (κ1) is 20.5. The summed E-state index contributed by atoms with van der Waals surface area (Å²) in [7, 11) is 0. The van der Waals surface area contributed by atoms with Crippen molar-refractivity contribution < 1.29 is 19.4 Å². The largest absolute Gasteiger partial charge is 0.476 e. The van der Waals surface area contributed by atoms with Gasteiger partial charge in [0, 0.05) is 44.6 Å². The van der Waals surface area contributed by atoms with Gasteiger partial charge in [0.25, 0.3) is 0 Å². The van der Waals surface area contributed by atoms with E-state index in [4.69, 9.17) is 9.84 Å². The van der Waals surface area contributed by atoms with E-state index in [2.05, 4.69) is 21.0 Å². The van der Waals surface area contributed by atoms with Gasteiger partial charge in [-0.1, -0.05) is 12.1 Å². The van der Waals surface area contributed by atoms with Crippen LogP contribution in [-0.4, -0.2) is 67.9 Å². The van der Waals surface area contributed by atoms with Crippen molar-refractivity contribution in [1.29, 1.82) is 0 Å². The molecule has 3 aromatic rings. The van der Waals surface area contributed by atoms with Gasteiger partial charge < -0.3 is 14.7 Å².